The van der Waals surface area contributed by atoms with Crippen LogP contribution in [0.2, 0.25) is 0 Å². The fourth-order valence-corrected chi connectivity index (χ4v) is 3.44. The third-order valence-electron chi connectivity index (χ3n) is 4.02. The second-order valence-corrected chi connectivity index (χ2v) is 7.36. The lowest BCUT2D eigenvalue weighted by atomic mass is 10.1. The SMILES string of the molecule is CCN=c1scc(-c2cc(OC)ccc2OC)n1N=C(C)CCC(C)C. The van der Waals surface area contributed by atoms with Crippen molar-refractivity contribution in [2.24, 2.45) is 16.0 Å². The van der Waals surface area contributed by atoms with Gasteiger partial charge in [0.1, 0.15) is 11.5 Å². The van der Waals surface area contributed by atoms with E-state index >= 15 is 0 Å². The highest BCUT2D eigenvalue weighted by atomic mass is 32.1. The molecular weight excluding hydrogens is 346 g/mol. The summed E-state index contributed by atoms with van der Waals surface area (Å²) < 4.78 is 12.9. The van der Waals surface area contributed by atoms with Crippen molar-refractivity contribution >= 4 is 17.0 Å². The van der Waals surface area contributed by atoms with Gasteiger partial charge in [-0.05, 0) is 50.8 Å². The van der Waals surface area contributed by atoms with Crippen molar-refractivity contribution in [3.63, 3.8) is 0 Å². The Morgan fingerprint density at radius 1 is 1.23 bits per heavy atom. The molecule has 0 radical (unpaired) electrons. The van der Waals surface area contributed by atoms with Crippen LogP contribution in [0.25, 0.3) is 11.3 Å². The van der Waals surface area contributed by atoms with Crippen LogP contribution in [-0.2, 0) is 0 Å². The van der Waals surface area contributed by atoms with Gasteiger partial charge in [0.15, 0.2) is 0 Å². The lowest BCUT2D eigenvalue weighted by Crippen LogP contribution is -2.14. The molecule has 0 saturated carbocycles. The number of benzene rings is 1. The van der Waals surface area contributed by atoms with Crippen molar-refractivity contribution in [2.45, 2.75) is 40.5 Å². The van der Waals surface area contributed by atoms with Crippen LogP contribution in [0.1, 0.15) is 40.5 Å². The summed E-state index contributed by atoms with van der Waals surface area (Å²) in [5, 5.41) is 6.94. The summed E-state index contributed by atoms with van der Waals surface area (Å²) in [6.45, 7) is 9.29. The normalized spacial score (nSPS) is 12.7. The molecule has 5 nitrogen and oxygen atoms in total. The Balaban J connectivity index is 2.57. The fraction of sp³-hybridized carbons (Fsp3) is 0.500. The van der Waals surface area contributed by atoms with Crippen LogP contribution in [-0.4, -0.2) is 31.2 Å². The predicted octanol–water partition coefficient (Wildman–Crippen LogP) is 4.81. The zero-order chi connectivity index (χ0) is 19.1. The molecule has 1 aromatic carbocycles. The quantitative estimate of drug-likeness (QED) is 0.621. The van der Waals surface area contributed by atoms with Gasteiger partial charge in [-0.1, -0.05) is 13.8 Å². The molecule has 6 heteroatoms. The van der Waals surface area contributed by atoms with Crippen LogP contribution in [0.15, 0.2) is 33.7 Å². The predicted molar refractivity (Wildman–Crippen MR) is 110 cm³/mol. The molecule has 0 fully saturated rings. The van der Waals surface area contributed by atoms with Gasteiger partial charge in [-0.15, -0.1) is 11.3 Å². The number of thiazole rings is 1. The molecule has 0 spiro atoms. The van der Waals surface area contributed by atoms with Gasteiger partial charge in [0.25, 0.3) is 0 Å². The molecule has 2 rings (SSSR count). The minimum atomic E-state index is 0.658. The third-order valence-corrected chi connectivity index (χ3v) is 4.87. The summed E-state index contributed by atoms with van der Waals surface area (Å²) in [6, 6.07) is 5.79. The molecule has 0 bridgehead atoms. The van der Waals surface area contributed by atoms with Crippen LogP contribution in [0.3, 0.4) is 0 Å². The van der Waals surface area contributed by atoms with E-state index < -0.39 is 0 Å². The lowest BCUT2D eigenvalue weighted by Gasteiger charge is -2.12. The Morgan fingerprint density at radius 2 is 2.00 bits per heavy atom. The summed E-state index contributed by atoms with van der Waals surface area (Å²) in [4.78, 5) is 5.49. The molecule has 0 N–H and O–H groups in total. The van der Waals surface area contributed by atoms with E-state index in [0.717, 1.165) is 52.7 Å². The first-order valence-electron chi connectivity index (χ1n) is 8.98. The lowest BCUT2D eigenvalue weighted by molar-refractivity contribution is 0.404. The van der Waals surface area contributed by atoms with E-state index in [0.29, 0.717) is 5.92 Å². The molecule has 26 heavy (non-hydrogen) atoms. The summed E-state index contributed by atoms with van der Waals surface area (Å²) in [7, 11) is 3.34. The van der Waals surface area contributed by atoms with Gasteiger partial charge >= 0.3 is 0 Å². The van der Waals surface area contributed by atoms with Gasteiger partial charge in [0.05, 0.1) is 19.9 Å². The molecule has 0 amide bonds. The average molecular weight is 376 g/mol. The van der Waals surface area contributed by atoms with Gasteiger partial charge in [-0.3, -0.25) is 4.99 Å². The van der Waals surface area contributed by atoms with E-state index in [1.807, 2.05) is 29.8 Å². The maximum absolute atomic E-state index is 5.56. The first-order chi connectivity index (χ1) is 12.5. The number of methoxy groups -OCH3 is 2. The fourth-order valence-electron chi connectivity index (χ4n) is 2.56. The van der Waals surface area contributed by atoms with E-state index in [1.54, 1.807) is 25.6 Å². The third kappa shape index (κ3) is 4.97. The van der Waals surface area contributed by atoms with E-state index in [4.69, 9.17) is 14.6 Å². The number of nitrogens with zero attached hydrogens (tertiary/aromatic N) is 3. The molecule has 1 heterocycles. The standard InChI is InChI=1S/C20H29N3O2S/c1-7-21-20-23(22-15(4)9-8-14(2)3)18(13-26-20)17-12-16(24-5)10-11-19(17)25-6/h10-14H,7-9H2,1-6H3. The Kier molecular flexibility index (Phi) is 7.45. The molecule has 0 atom stereocenters. The van der Waals surface area contributed by atoms with Crippen LogP contribution >= 0.6 is 11.3 Å². The Morgan fingerprint density at radius 3 is 2.62 bits per heavy atom. The van der Waals surface area contributed by atoms with Crippen molar-refractivity contribution in [3.8, 4) is 22.8 Å². The zero-order valence-electron chi connectivity index (χ0n) is 16.6. The van der Waals surface area contributed by atoms with E-state index in [2.05, 4.69) is 31.1 Å². The maximum atomic E-state index is 5.56. The molecule has 142 valence electrons. The van der Waals surface area contributed by atoms with E-state index in [-0.39, 0.29) is 0 Å². The average Bonchev–Trinajstić information content (AvgIpc) is 3.02. The highest BCUT2D eigenvalue weighted by molar-refractivity contribution is 7.07. The maximum Gasteiger partial charge on any atom is 0.206 e. The molecule has 0 saturated heterocycles. The van der Waals surface area contributed by atoms with Crippen molar-refractivity contribution in [1.29, 1.82) is 0 Å². The molecule has 1 aromatic heterocycles. The van der Waals surface area contributed by atoms with Gasteiger partial charge in [0, 0.05) is 23.2 Å². The number of aromatic nitrogens is 1. The topological polar surface area (TPSA) is 48.1 Å². The Hall–Kier alpha value is -2.08. The Bertz CT molecular complexity index is 819. The summed E-state index contributed by atoms with van der Waals surface area (Å²) in [5.41, 5.74) is 3.00. The molecule has 2 aromatic rings. The molecular formula is C20H29N3O2S. The first kappa shape index (κ1) is 20.2. The van der Waals surface area contributed by atoms with Gasteiger partial charge in [-0.25, -0.2) is 4.68 Å². The van der Waals surface area contributed by atoms with Crippen LogP contribution in [0.4, 0.5) is 0 Å². The molecule has 0 aliphatic rings. The van der Waals surface area contributed by atoms with Gasteiger partial charge in [0.2, 0.25) is 4.80 Å². The number of hydrogen-bond acceptors (Lipinski definition) is 5. The highest BCUT2D eigenvalue weighted by Gasteiger charge is 2.14. The molecule has 0 unspecified atom stereocenters. The van der Waals surface area contributed by atoms with E-state index in [1.165, 1.54) is 0 Å². The van der Waals surface area contributed by atoms with Crippen LogP contribution in [0, 0.1) is 5.92 Å². The van der Waals surface area contributed by atoms with Gasteiger partial charge < -0.3 is 9.47 Å². The van der Waals surface area contributed by atoms with Crippen molar-refractivity contribution in [2.75, 3.05) is 20.8 Å². The summed E-state index contributed by atoms with van der Waals surface area (Å²) in [5.74, 6) is 2.23. The van der Waals surface area contributed by atoms with Crippen molar-refractivity contribution in [1.82, 2.24) is 4.68 Å². The molecule has 0 aliphatic heterocycles. The van der Waals surface area contributed by atoms with Crippen molar-refractivity contribution in [3.05, 3.63) is 28.4 Å². The minimum Gasteiger partial charge on any atom is -0.497 e. The minimum absolute atomic E-state index is 0.658. The van der Waals surface area contributed by atoms with Crippen molar-refractivity contribution < 1.29 is 9.47 Å². The summed E-state index contributed by atoms with van der Waals surface area (Å²) >= 11 is 1.59. The largest absolute Gasteiger partial charge is 0.497 e. The zero-order valence-corrected chi connectivity index (χ0v) is 17.4. The molecule has 0 aliphatic carbocycles. The number of rotatable bonds is 8. The highest BCUT2D eigenvalue weighted by Crippen LogP contribution is 2.33. The second-order valence-electron chi connectivity index (χ2n) is 6.52. The monoisotopic (exact) mass is 375 g/mol. The summed E-state index contributed by atoms with van der Waals surface area (Å²) in [6.07, 6.45) is 2.10. The number of ether oxygens (including phenoxy) is 2. The second kappa shape index (κ2) is 9.57. The number of hydrogen-bond donors (Lipinski definition) is 0. The van der Waals surface area contributed by atoms with Gasteiger partial charge in [-0.2, -0.15) is 5.10 Å². The van der Waals surface area contributed by atoms with E-state index in [9.17, 15) is 0 Å². The first-order valence-corrected chi connectivity index (χ1v) is 9.86. The van der Waals surface area contributed by atoms with Crippen LogP contribution in [0.5, 0.6) is 11.5 Å². The van der Waals surface area contributed by atoms with Crippen LogP contribution < -0.4 is 14.3 Å². The Labute approximate surface area is 160 Å². The smallest absolute Gasteiger partial charge is 0.206 e.